The average Bonchev–Trinajstić information content (AvgIpc) is 2.26. The van der Waals surface area contributed by atoms with Gasteiger partial charge in [-0.05, 0) is 31.1 Å². The highest BCUT2D eigenvalue weighted by Gasteiger charge is 2.49. The Balaban J connectivity index is 2.40. The molecule has 0 aromatic carbocycles. The Morgan fingerprint density at radius 1 is 1.59 bits per heavy atom. The smallest absolute Gasteiger partial charge is 0.0495 e. The van der Waals surface area contributed by atoms with E-state index in [0.717, 1.165) is 18.4 Å². The van der Waals surface area contributed by atoms with Gasteiger partial charge in [-0.3, -0.25) is 0 Å². The van der Waals surface area contributed by atoms with Gasteiger partial charge in [0, 0.05) is 23.6 Å². The first-order chi connectivity index (χ1) is 7.88. The van der Waals surface area contributed by atoms with Crippen LogP contribution in [-0.2, 0) is 0 Å². The van der Waals surface area contributed by atoms with E-state index in [1.807, 2.05) is 6.92 Å². The van der Waals surface area contributed by atoms with Gasteiger partial charge in [-0.2, -0.15) is 0 Å². The van der Waals surface area contributed by atoms with Crippen molar-refractivity contribution in [1.29, 1.82) is 5.41 Å². The lowest BCUT2D eigenvalue weighted by Crippen LogP contribution is -2.55. The second-order valence-corrected chi connectivity index (χ2v) is 6.19. The summed E-state index contributed by atoms with van der Waals surface area (Å²) in [7, 11) is 0. The molecule has 1 fully saturated rings. The Labute approximate surface area is 104 Å². The molecule has 2 nitrogen and oxygen atoms in total. The highest BCUT2D eigenvalue weighted by molar-refractivity contribution is 5.92. The molecule has 5 atom stereocenters. The molecule has 3 N–H and O–H groups in total. The quantitative estimate of drug-likeness (QED) is 0.670. The van der Waals surface area contributed by atoms with Crippen LogP contribution in [0.4, 0.5) is 0 Å². The second kappa shape index (κ2) is 4.09. The van der Waals surface area contributed by atoms with Crippen molar-refractivity contribution < 1.29 is 0 Å². The van der Waals surface area contributed by atoms with E-state index in [1.165, 1.54) is 0 Å². The minimum absolute atomic E-state index is 0.138. The topological polar surface area (TPSA) is 49.9 Å². The van der Waals surface area contributed by atoms with Crippen molar-refractivity contribution in [3.05, 3.63) is 24.3 Å². The molecule has 2 rings (SSSR count). The third kappa shape index (κ3) is 1.79. The maximum Gasteiger partial charge on any atom is 0.0495 e. The SMILES string of the molecule is C=C(C)C1CC2(C)C(C)CC=CC2C(=N)C1N. The maximum atomic E-state index is 8.34. The van der Waals surface area contributed by atoms with E-state index in [2.05, 4.69) is 32.6 Å². The van der Waals surface area contributed by atoms with Crippen LogP contribution in [-0.4, -0.2) is 11.8 Å². The van der Waals surface area contributed by atoms with Crippen molar-refractivity contribution in [2.45, 2.75) is 39.7 Å². The van der Waals surface area contributed by atoms with Gasteiger partial charge in [0.05, 0.1) is 0 Å². The van der Waals surface area contributed by atoms with Gasteiger partial charge in [0.1, 0.15) is 0 Å². The Bertz CT molecular complexity index is 382. The normalized spacial score (nSPS) is 45.5. The van der Waals surface area contributed by atoms with Crippen LogP contribution in [0.25, 0.3) is 0 Å². The van der Waals surface area contributed by atoms with Crippen LogP contribution in [0.15, 0.2) is 24.3 Å². The van der Waals surface area contributed by atoms with E-state index in [9.17, 15) is 0 Å². The molecule has 0 aromatic rings. The molecule has 0 heterocycles. The number of hydrogen-bond donors (Lipinski definition) is 2. The first kappa shape index (κ1) is 12.6. The van der Waals surface area contributed by atoms with Gasteiger partial charge in [0.2, 0.25) is 0 Å². The van der Waals surface area contributed by atoms with Crippen LogP contribution in [0.2, 0.25) is 0 Å². The molecular formula is C15H24N2. The minimum Gasteiger partial charge on any atom is -0.322 e. The summed E-state index contributed by atoms with van der Waals surface area (Å²) in [5.41, 5.74) is 8.23. The number of fused-ring (bicyclic) bond motifs is 1. The molecular weight excluding hydrogens is 208 g/mol. The highest BCUT2D eigenvalue weighted by atomic mass is 14.8. The van der Waals surface area contributed by atoms with E-state index in [0.29, 0.717) is 11.6 Å². The van der Waals surface area contributed by atoms with E-state index in [-0.39, 0.29) is 23.3 Å². The monoisotopic (exact) mass is 232 g/mol. The molecule has 0 amide bonds. The molecule has 2 aliphatic carbocycles. The molecule has 2 aliphatic rings. The third-order valence-corrected chi connectivity index (χ3v) is 5.07. The van der Waals surface area contributed by atoms with E-state index in [4.69, 9.17) is 11.1 Å². The molecule has 1 saturated carbocycles. The largest absolute Gasteiger partial charge is 0.322 e. The van der Waals surface area contributed by atoms with Crippen molar-refractivity contribution in [2.24, 2.45) is 28.9 Å². The van der Waals surface area contributed by atoms with Gasteiger partial charge in [0.25, 0.3) is 0 Å². The fourth-order valence-corrected chi connectivity index (χ4v) is 3.51. The molecule has 17 heavy (non-hydrogen) atoms. The van der Waals surface area contributed by atoms with Crippen molar-refractivity contribution in [1.82, 2.24) is 0 Å². The average molecular weight is 232 g/mol. The fraction of sp³-hybridized carbons (Fsp3) is 0.667. The molecule has 0 spiro atoms. The van der Waals surface area contributed by atoms with Crippen LogP contribution in [0.1, 0.15) is 33.6 Å². The molecule has 5 unspecified atom stereocenters. The van der Waals surface area contributed by atoms with Crippen LogP contribution in [0.3, 0.4) is 0 Å². The summed E-state index contributed by atoms with van der Waals surface area (Å²) in [5, 5.41) is 8.34. The second-order valence-electron chi connectivity index (χ2n) is 6.19. The number of nitrogens with one attached hydrogen (secondary N) is 1. The third-order valence-electron chi connectivity index (χ3n) is 5.07. The molecule has 2 heteroatoms. The number of rotatable bonds is 1. The number of nitrogens with two attached hydrogens (primary N) is 1. The Morgan fingerprint density at radius 2 is 2.24 bits per heavy atom. The first-order valence-corrected chi connectivity index (χ1v) is 6.54. The molecule has 0 bridgehead atoms. The van der Waals surface area contributed by atoms with Crippen molar-refractivity contribution in [3.63, 3.8) is 0 Å². The predicted molar refractivity (Wildman–Crippen MR) is 73.1 cm³/mol. The molecule has 0 aromatic heterocycles. The molecule has 94 valence electrons. The van der Waals surface area contributed by atoms with E-state index < -0.39 is 0 Å². The highest BCUT2D eigenvalue weighted by Crippen LogP contribution is 2.51. The van der Waals surface area contributed by atoms with Crippen LogP contribution >= 0.6 is 0 Å². The molecule has 0 radical (unpaired) electrons. The summed E-state index contributed by atoms with van der Waals surface area (Å²) in [6.07, 6.45) is 6.62. The lowest BCUT2D eigenvalue weighted by molar-refractivity contribution is 0.102. The minimum atomic E-state index is -0.138. The number of allylic oxidation sites excluding steroid dienone is 2. The lowest BCUT2D eigenvalue weighted by atomic mass is 9.53. The fourth-order valence-electron chi connectivity index (χ4n) is 3.51. The van der Waals surface area contributed by atoms with E-state index >= 15 is 0 Å². The van der Waals surface area contributed by atoms with Gasteiger partial charge >= 0.3 is 0 Å². The van der Waals surface area contributed by atoms with E-state index in [1.54, 1.807) is 0 Å². The zero-order chi connectivity index (χ0) is 12.8. The Kier molecular flexibility index (Phi) is 3.03. The summed E-state index contributed by atoms with van der Waals surface area (Å²) < 4.78 is 0. The van der Waals surface area contributed by atoms with Gasteiger partial charge in [-0.25, -0.2) is 0 Å². The lowest BCUT2D eigenvalue weighted by Gasteiger charge is -2.52. The molecule has 0 aliphatic heterocycles. The first-order valence-electron chi connectivity index (χ1n) is 6.54. The summed E-state index contributed by atoms with van der Waals surface area (Å²) in [6.45, 7) is 10.7. The zero-order valence-corrected chi connectivity index (χ0v) is 11.2. The number of hydrogen-bond acceptors (Lipinski definition) is 2. The summed E-state index contributed by atoms with van der Waals surface area (Å²) in [5.74, 6) is 1.13. The van der Waals surface area contributed by atoms with Gasteiger partial charge in [-0.15, -0.1) is 0 Å². The van der Waals surface area contributed by atoms with Crippen molar-refractivity contribution in [2.75, 3.05) is 0 Å². The van der Waals surface area contributed by atoms with Crippen LogP contribution < -0.4 is 5.73 Å². The maximum absolute atomic E-state index is 8.34. The van der Waals surface area contributed by atoms with Gasteiger partial charge in [-0.1, -0.05) is 38.2 Å². The zero-order valence-electron chi connectivity index (χ0n) is 11.2. The summed E-state index contributed by atoms with van der Waals surface area (Å²) >= 11 is 0. The standard InChI is InChI=1S/C15H24N2/c1-9(2)11-8-15(4)10(3)6-5-7-12(15)14(17)13(11)16/h5,7,10-13,17H,1,6,8,16H2,2-4H3. The van der Waals surface area contributed by atoms with Gasteiger partial charge in [0.15, 0.2) is 0 Å². The van der Waals surface area contributed by atoms with Crippen molar-refractivity contribution in [3.8, 4) is 0 Å². The van der Waals surface area contributed by atoms with Crippen LogP contribution in [0.5, 0.6) is 0 Å². The summed E-state index contributed by atoms with van der Waals surface area (Å²) in [4.78, 5) is 0. The Hall–Kier alpha value is -0.890. The summed E-state index contributed by atoms with van der Waals surface area (Å²) in [6, 6.07) is -0.138. The molecule has 0 saturated heterocycles. The Morgan fingerprint density at radius 3 is 2.82 bits per heavy atom. The van der Waals surface area contributed by atoms with Gasteiger partial charge < -0.3 is 11.1 Å². The van der Waals surface area contributed by atoms with Crippen molar-refractivity contribution >= 4 is 5.71 Å². The van der Waals surface area contributed by atoms with Crippen LogP contribution in [0, 0.1) is 28.6 Å². The predicted octanol–water partition coefficient (Wildman–Crippen LogP) is 3.15.